The van der Waals surface area contributed by atoms with Gasteiger partial charge in [-0.2, -0.15) is 0 Å². The fraction of sp³-hybridized carbons (Fsp3) is 0.625. The van der Waals surface area contributed by atoms with E-state index in [0.717, 1.165) is 48.4 Å². The summed E-state index contributed by atoms with van der Waals surface area (Å²) in [6.45, 7) is 5.61. The largest absolute Gasteiger partial charge is 0.486 e. The van der Waals surface area contributed by atoms with Crippen LogP contribution < -0.4 is 14.8 Å². The van der Waals surface area contributed by atoms with E-state index in [1.54, 1.807) is 0 Å². The Labute approximate surface area is 125 Å². The minimum Gasteiger partial charge on any atom is -0.486 e. The van der Waals surface area contributed by atoms with E-state index in [1.165, 1.54) is 24.0 Å². The van der Waals surface area contributed by atoms with Crippen molar-refractivity contribution in [2.45, 2.75) is 32.6 Å². The van der Waals surface area contributed by atoms with Crippen molar-refractivity contribution >= 4 is 11.6 Å². The van der Waals surface area contributed by atoms with Gasteiger partial charge in [-0.1, -0.05) is 18.5 Å². The second kappa shape index (κ2) is 6.23. The molecule has 0 atom stereocenters. The van der Waals surface area contributed by atoms with E-state index in [1.807, 2.05) is 0 Å². The molecule has 110 valence electrons. The first-order valence-corrected chi connectivity index (χ1v) is 7.98. The van der Waals surface area contributed by atoms with Crippen molar-refractivity contribution in [3.63, 3.8) is 0 Å². The predicted octanol–water partition coefficient (Wildman–Crippen LogP) is 3.22. The summed E-state index contributed by atoms with van der Waals surface area (Å²) in [7, 11) is 0. The lowest BCUT2D eigenvalue weighted by Crippen LogP contribution is -2.29. The summed E-state index contributed by atoms with van der Waals surface area (Å²) < 4.78 is 11.4. The van der Waals surface area contributed by atoms with Gasteiger partial charge in [0.2, 0.25) is 0 Å². The molecule has 2 aliphatic heterocycles. The number of rotatable bonds is 3. The Morgan fingerprint density at radius 3 is 2.75 bits per heavy atom. The second-order valence-electron chi connectivity index (χ2n) is 5.60. The number of ether oxygens (including phenoxy) is 2. The summed E-state index contributed by atoms with van der Waals surface area (Å²) in [6.07, 6.45) is 4.53. The predicted molar refractivity (Wildman–Crippen MR) is 81.1 cm³/mol. The van der Waals surface area contributed by atoms with E-state index in [2.05, 4.69) is 18.3 Å². The molecule has 1 N–H and O–H groups in total. The van der Waals surface area contributed by atoms with Gasteiger partial charge in [0.1, 0.15) is 13.2 Å². The third-order valence-corrected chi connectivity index (χ3v) is 4.69. The van der Waals surface area contributed by atoms with Crippen molar-refractivity contribution in [1.29, 1.82) is 0 Å². The average molecular weight is 296 g/mol. The average Bonchev–Trinajstić information content (AvgIpc) is 2.49. The fourth-order valence-electron chi connectivity index (χ4n) is 3.20. The Bertz CT molecular complexity index is 484. The number of piperidine rings is 1. The third kappa shape index (κ3) is 2.75. The maximum atomic E-state index is 6.53. The Morgan fingerprint density at radius 1 is 1.25 bits per heavy atom. The quantitative estimate of drug-likeness (QED) is 0.929. The van der Waals surface area contributed by atoms with Gasteiger partial charge in [0, 0.05) is 0 Å². The van der Waals surface area contributed by atoms with Crippen molar-refractivity contribution < 1.29 is 9.47 Å². The molecule has 3 nitrogen and oxygen atoms in total. The summed E-state index contributed by atoms with van der Waals surface area (Å²) in [4.78, 5) is 0. The van der Waals surface area contributed by atoms with Gasteiger partial charge in [-0.05, 0) is 61.9 Å². The highest BCUT2D eigenvalue weighted by atomic mass is 35.5. The van der Waals surface area contributed by atoms with Crippen LogP contribution in [0.2, 0.25) is 5.02 Å². The summed E-state index contributed by atoms with van der Waals surface area (Å²) >= 11 is 6.53. The van der Waals surface area contributed by atoms with E-state index < -0.39 is 0 Å². The molecule has 1 aromatic carbocycles. The monoisotopic (exact) mass is 295 g/mol. The Morgan fingerprint density at radius 2 is 2.00 bits per heavy atom. The van der Waals surface area contributed by atoms with Crippen molar-refractivity contribution in [2.24, 2.45) is 5.92 Å². The molecular weight excluding hydrogens is 274 g/mol. The van der Waals surface area contributed by atoms with Crippen molar-refractivity contribution in [2.75, 3.05) is 26.3 Å². The van der Waals surface area contributed by atoms with E-state index in [9.17, 15) is 0 Å². The Kier molecular flexibility index (Phi) is 4.37. The zero-order valence-electron chi connectivity index (χ0n) is 12.0. The summed E-state index contributed by atoms with van der Waals surface area (Å²) in [6, 6.07) is 2.15. The number of hydrogen-bond acceptors (Lipinski definition) is 3. The fourth-order valence-corrected chi connectivity index (χ4v) is 3.60. The number of hydrogen-bond donors (Lipinski definition) is 1. The molecule has 0 saturated carbocycles. The molecule has 0 amide bonds. The van der Waals surface area contributed by atoms with Crippen molar-refractivity contribution in [3.8, 4) is 11.5 Å². The molecule has 20 heavy (non-hydrogen) atoms. The molecule has 2 heterocycles. The van der Waals surface area contributed by atoms with Crippen LogP contribution in [0.25, 0.3) is 0 Å². The van der Waals surface area contributed by atoms with Crippen LogP contribution in [0.4, 0.5) is 0 Å². The van der Waals surface area contributed by atoms with Crippen molar-refractivity contribution in [1.82, 2.24) is 5.32 Å². The minimum atomic E-state index is 0.587. The molecule has 0 aliphatic carbocycles. The Balaban J connectivity index is 1.90. The summed E-state index contributed by atoms with van der Waals surface area (Å²) in [5, 5.41) is 4.18. The van der Waals surface area contributed by atoms with E-state index in [-0.39, 0.29) is 0 Å². The smallest absolute Gasteiger partial charge is 0.180 e. The second-order valence-corrected chi connectivity index (χ2v) is 5.98. The molecule has 2 aliphatic rings. The molecule has 3 rings (SSSR count). The van der Waals surface area contributed by atoms with Gasteiger partial charge >= 0.3 is 0 Å². The SMILES string of the molecule is CCc1c(CC2CCNCC2)cc2c(c1Cl)OCCO2. The highest BCUT2D eigenvalue weighted by Gasteiger charge is 2.23. The molecule has 0 aromatic heterocycles. The first-order valence-electron chi connectivity index (χ1n) is 7.60. The summed E-state index contributed by atoms with van der Waals surface area (Å²) in [5.74, 6) is 2.31. The van der Waals surface area contributed by atoms with Crippen LogP contribution in [-0.2, 0) is 12.8 Å². The molecular formula is C16H22ClNO2. The number of halogens is 1. The molecule has 1 saturated heterocycles. The number of fused-ring (bicyclic) bond motifs is 1. The molecule has 1 aromatic rings. The molecule has 4 heteroatoms. The molecule has 0 radical (unpaired) electrons. The van der Waals surface area contributed by atoms with E-state index in [4.69, 9.17) is 21.1 Å². The third-order valence-electron chi connectivity index (χ3n) is 4.29. The van der Waals surface area contributed by atoms with Crippen molar-refractivity contribution in [3.05, 3.63) is 22.2 Å². The van der Waals surface area contributed by atoms with Gasteiger partial charge in [-0.15, -0.1) is 0 Å². The van der Waals surface area contributed by atoms with Crippen LogP contribution in [0, 0.1) is 5.92 Å². The van der Waals surface area contributed by atoms with Crippen LogP contribution in [0.5, 0.6) is 11.5 Å². The highest BCUT2D eigenvalue weighted by Crippen LogP contribution is 2.42. The summed E-state index contributed by atoms with van der Waals surface area (Å²) in [5.41, 5.74) is 2.57. The lowest BCUT2D eigenvalue weighted by atomic mass is 9.88. The normalized spacial score (nSPS) is 19.1. The molecule has 1 fully saturated rings. The van der Waals surface area contributed by atoms with E-state index in [0.29, 0.717) is 13.2 Å². The zero-order chi connectivity index (χ0) is 13.9. The zero-order valence-corrected chi connectivity index (χ0v) is 12.8. The molecule has 0 bridgehead atoms. The van der Waals surface area contributed by atoms with Crippen LogP contribution >= 0.6 is 11.6 Å². The lowest BCUT2D eigenvalue weighted by Gasteiger charge is -2.26. The van der Waals surface area contributed by atoms with Crippen LogP contribution in [0.1, 0.15) is 30.9 Å². The first kappa shape index (κ1) is 14.0. The van der Waals surface area contributed by atoms with Gasteiger partial charge in [-0.25, -0.2) is 0 Å². The maximum absolute atomic E-state index is 6.53. The number of benzene rings is 1. The topological polar surface area (TPSA) is 30.5 Å². The van der Waals surface area contributed by atoms with Gasteiger partial charge < -0.3 is 14.8 Å². The minimum absolute atomic E-state index is 0.587. The lowest BCUT2D eigenvalue weighted by molar-refractivity contribution is 0.171. The van der Waals surface area contributed by atoms with Crippen LogP contribution in [0.3, 0.4) is 0 Å². The standard InChI is InChI=1S/C16H22ClNO2/c1-2-13-12(9-11-3-5-18-6-4-11)10-14-16(15(13)17)20-8-7-19-14/h10-11,18H,2-9H2,1H3. The van der Waals surface area contributed by atoms with Gasteiger partial charge in [0.05, 0.1) is 5.02 Å². The van der Waals surface area contributed by atoms with Crippen LogP contribution in [-0.4, -0.2) is 26.3 Å². The first-order chi connectivity index (χ1) is 9.79. The molecule has 0 unspecified atom stereocenters. The maximum Gasteiger partial charge on any atom is 0.180 e. The molecule has 0 spiro atoms. The number of nitrogens with one attached hydrogen (secondary N) is 1. The van der Waals surface area contributed by atoms with E-state index >= 15 is 0 Å². The highest BCUT2D eigenvalue weighted by molar-refractivity contribution is 6.33. The van der Waals surface area contributed by atoms with Gasteiger partial charge in [0.15, 0.2) is 11.5 Å². The van der Waals surface area contributed by atoms with Crippen LogP contribution in [0.15, 0.2) is 6.07 Å². The Hall–Kier alpha value is -0.930. The van der Waals surface area contributed by atoms with Gasteiger partial charge in [0.25, 0.3) is 0 Å². The van der Waals surface area contributed by atoms with Gasteiger partial charge in [-0.3, -0.25) is 0 Å².